The molecular formula is C13H25N3O. The standard InChI is InChI=1S/C13H25N3O/c1-3-11(2)12-13(17)16(10-14-12)9-8-15-6-4-5-7-15/h11-12,14H,3-10H2,1-2H3. The molecular weight excluding hydrogens is 214 g/mol. The number of rotatable bonds is 5. The third kappa shape index (κ3) is 2.99. The fraction of sp³-hybridized carbons (Fsp3) is 0.923. The molecule has 0 aliphatic carbocycles. The lowest BCUT2D eigenvalue weighted by atomic mass is 9.99. The Balaban J connectivity index is 1.77. The summed E-state index contributed by atoms with van der Waals surface area (Å²) < 4.78 is 0. The van der Waals surface area contributed by atoms with Gasteiger partial charge in [-0.1, -0.05) is 20.3 Å². The second-order valence-corrected chi connectivity index (χ2v) is 5.38. The number of nitrogens with one attached hydrogen (secondary N) is 1. The predicted octanol–water partition coefficient (Wildman–Crippen LogP) is 0.886. The van der Waals surface area contributed by atoms with Gasteiger partial charge in [-0.25, -0.2) is 0 Å². The van der Waals surface area contributed by atoms with E-state index in [-0.39, 0.29) is 6.04 Å². The van der Waals surface area contributed by atoms with Crippen molar-refractivity contribution in [2.24, 2.45) is 5.92 Å². The third-order valence-electron chi connectivity index (χ3n) is 4.18. The SMILES string of the molecule is CCC(C)C1NCN(CCN2CCCC2)C1=O. The van der Waals surface area contributed by atoms with E-state index in [1.54, 1.807) is 0 Å². The highest BCUT2D eigenvalue weighted by atomic mass is 16.2. The van der Waals surface area contributed by atoms with E-state index in [4.69, 9.17) is 0 Å². The lowest BCUT2D eigenvalue weighted by Gasteiger charge is -2.21. The average molecular weight is 239 g/mol. The lowest BCUT2D eigenvalue weighted by molar-refractivity contribution is -0.129. The van der Waals surface area contributed by atoms with E-state index in [2.05, 4.69) is 24.1 Å². The van der Waals surface area contributed by atoms with Crippen molar-refractivity contribution < 1.29 is 4.79 Å². The summed E-state index contributed by atoms with van der Waals surface area (Å²) in [6, 6.07) is 0.0542. The molecule has 0 aromatic heterocycles. The molecule has 1 amide bonds. The molecule has 2 aliphatic rings. The number of likely N-dealkylation sites (tertiary alicyclic amines) is 1. The molecule has 4 heteroatoms. The highest BCUT2D eigenvalue weighted by Crippen LogP contribution is 2.15. The van der Waals surface area contributed by atoms with Crippen molar-refractivity contribution >= 4 is 5.91 Å². The molecule has 2 saturated heterocycles. The van der Waals surface area contributed by atoms with Crippen molar-refractivity contribution in [3.8, 4) is 0 Å². The summed E-state index contributed by atoms with van der Waals surface area (Å²) in [6.45, 7) is 9.39. The summed E-state index contributed by atoms with van der Waals surface area (Å²) in [6.07, 6.45) is 3.70. The Morgan fingerprint density at radius 3 is 2.71 bits per heavy atom. The predicted molar refractivity (Wildman–Crippen MR) is 68.6 cm³/mol. The molecule has 98 valence electrons. The van der Waals surface area contributed by atoms with E-state index in [1.165, 1.54) is 25.9 Å². The largest absolute Gasteiger partial charge is 0.327 e. The minimum atomic E-state index is 0.0542. The van der Waals surface area contributed by atoms with Gasteiger partial charge < -0.3 is 9.80 Å². The Labute approximate surface area is 104 Å². The van der Waals surface area contributed by atoms with Crippen LogP contribution in [0.1, 0.15) is 33.1 Å². The summed E-state index contributed by atoms with van der Waals surface area (Å²) in [4.78, 5) is 16.6. The maximum absolute atomic E-state index is 12.2. The smallest absolute Gasteiger partial charge is 0.241 e. The zero-order valence-corrected chi connectivity index (χ0v) is 11.1. The summed E-state index contributed by atoms with van der Waals surface area (Å²) in [7, 11) is 0. The Kier molecular flexibility index (Phi) is 4.40. The average Bonchev–Trinajstić information content (AvgIpc) is 2.95. The molecule has 2 aliphatic heterocycles. The number of amides is 1. The lowest BCUT2D eigenvalue weighted by Crippen LogP contribution is -2.38. The summed E-state index contributed by atoms with van der Waals surface area (Å²) in [5.41, 5.74) is 0. The quantitative estimate of drug-likeness (QED) is 0.774. The number of hydrogen-bond donors (Lipinski definition) is 1. The topological polar surface area (TPSA) is 35.6 Å². The zero-order chi connectivity index (χ0) is 12.3. The van der Waals surface area contributed by atoms with Gasteiger partial charge in [0.2, 0.25) is 5.91 Å². The molecule has 2 atom stereocenters. The van der Waals surface area contributed by atoms with Crippen LogP contribution in [0, 0.1) is 5.92 Å². The van der Waals surface area contributed by atoms with Crippen LogP contribution in [0.5, 0.6) is 0 Å². The zero-order valence-electron chi connectivity index (χ0n) is 11.1. The maximum atomic E-state index is 12.2. The summed E-state index contributed by atoms with van der Waals surface area (Å²) in [5, 5.41) is 3.34. The Morgan fingerprint density at radius 2 is 2.06 bits per heavy atom. The summed E-state index contributed by atoms with van der Waals surface area (Å²) in [5.74, 6) is 0.748. The minimum absolute atomic E-state index is 0.0542. The first-order chi connectivity index (χ1) is 8.22. The van der Waals surface area contributed by atoms with Gasteiger partial charge in [0, 0.05) is 13.1 Å². The second kappa shape index (κ2) is 5.83. The Hall–Kier alpha value is -0.610. The van der Waals surface area contributed by atoms with Gasteiger partial charge in [-0.2, -0.15) is 0 Å². The highest BCUT2D eigenvalue weighted by Gasteiger charge is 2.33. The van der Waals surface area contributed by atoms with Gasteiger partial charge in [-0.05, 0) is 31.8 Å². The van der Waals surface area contributed by atoms with E-state index < -0.39 is 0 Å². The van der Waals surface area contributed by atoms with E-state index in [1.807, 2.05) is 4.90 Å². The van der Waals surface area contributed by atoms with Crippen LogP contribution < -0.4 is 5.32 Å². The highest BCUT2D eigenvalue weighted by molar-refractivity contribution is 5.84. The molecule has 0 radical (unpaired) electrons. The van der Waals surface area contributed by atoms with Gasteiger partial charge in [-0.15, -0.1) is 0 Å². The Morgan fingerprint density at radius 1 is 1.35 bits per heavy atom. The van der Waals surface area contributed by atoms with Crippen LogP contribution in [0.15, 0.2) is 0 Å². The minimum Gasteiger partial charge on any atom is -0.327 e. The monoisotopic (exact) mass is 239 g/mol. The molecule has 1 N–H and O–H groups in total. The molecule has 0 bridgehead atoms. The van der Waals surface area contributed by atoms with Crippen molar-refractivity contribution in [1.29, 1.82) is 0 Å². The van der Waals surface area contributed by atoms with Gasteiger partial charge in [0.1, 0.15) is 0 Å². The van der Waals surface area contributed by atoms with E-state index in [9.17, 15) is 4.79 Å². The van der Waals surface area contributed by atoms with Gasteiger partial charge >= 0.3 is 0 Å². The first-order valence-corrected chi connectivity index (χ1v) is 6.97. The second-order valence-electron chi connectivity index (χ2n) is 5.38. The van der Waals surface area contributed by atoms with Crippen LogP contribution in [-0.4, -0.2) is 54.6 Å². The molecule has 0 aromatic carbocycles. The van der Waals surface area contributed by atoms with Crippen molar-refractivity contribution in [1.82, 2.24) is 15.1 Å². The molecule has 2 rings (SSSR count). The van der Waals surface area contributed by atoms with Crippen LogP contribution >= 0.6 is 0 Å². The van der Waals surface area contributed by atoms with E-state index >= 15 is 0 Å². The number of nitrogens with zero attached hydrogens (tertiary/aromatic N) is 2. The fourth-order valence-corrected chi connectivity index (χ4v) is 2.71. The molecule has 2 unspecified atom stereocenters. The molecule has 2 fully saturated rings. The van der Waals surface area contributed by atoms with Crippen LogP contribution in [0.2, 0.25) is 0 Å². The van der Waals surface area contributed by atoms with Gasteiger partial charge in [0.15, 0.2) is 0 Å². The van der Waals surface area contributed by atoms with Gasteiger partial charge in [-0.3, -0.25) is 10.1 Å². The molecule has 0 aromatic rings. The van der Waals surface area contributed by atoms with Gasteiger partial charge in [0.25, 0.3) is 0 Å². The van der Waals surface area contributed by atoms with Crippen molar-refractivity contribution in [3.63, 3.8) is 0 Å². The third-order valence-corrected chi connectivity index (χ3v) is 4.18. The fourth-order valence-electron chi connectivity index (χ4n) is 2.71. The van der Waals surface area contributed by atoms with Crippen LogP contribution in [0.3, 0.4) is 0 Å². The molecule has 2 heterocycles. The number of hydrogen-bond acceptors (Lipinski definition) is 3. The number of carbonyl (C=O) groups is 1. The number of carbonyl (C=O) groups excluding carboxylic acids is 1. The first-order valence-electron chi connectivity index (χ1n) is 6.97. The maximum Gasteiger partial charge on any atom is 0.241 e. The van der Waals surface area contributed by atoms with Gasteiger partial charge in [0.05, 0.1) is 12.7 Å². The van der Waals surface area contributed by atoms with Crippen molar-refractivity contribution in [2.45, 2.75) is 39.2 Å². The van der Waals surface area contributed by atoms with Crippen LogP contribution in [-0.2, 0) is 4.79 Å². The molecule has 4 nitrogen and oxygen atoms in total. The van der Waals surface area contributed by atoms with Crippen LogP contribution in [0.25, 0.3) is 0 Å². The van der Waals surface area contributed by atoms with Crippen molar-refractivity contribution in [2.75, 3.05) is 32.8 Å². The van der Waals surface area contributed by atoms with E-state index in [0.717, 1.165) is 26.2 Å². The molecule has 0 spiro atoms. The van der Waals surface area contributed by atoms with Crippen LogP contribution in [0.4, 0.5) is 0 Å². The molecule has 17 heavy (non-hydrogen) atoms. The Bertz CT molecular complexity index is 263. The normalized spacial score (nSPS) is 28.0. The molecule has 0 saturated carbocycles. The first kappa shape index (κ1) is 12.8. The van der Waals surface area contributed by atoms with Crippen molar-refractivity contribution in [3.05, 3.63) is 0 Å². The summed E-state index contributed by atoms with van der Waals surface area (Å²) >= 11 is 0. The van der Waals surface area contributed by atoms with E-state index in [0.29, 0.717) is 11.8 Å².